The maximum Gasteiger partial charge on any atom is 0.0462 e. The van der Waals surface area contributed by atoms with Gasteiger partial charge in [0, 0.05) is 36.6 Å². The summed E-state index contributed by atoms with van der Waals surface area (Å²) in [6.07, 6.45) is 0. The molecule has 6 aromatic carbocycles. The van der Waals surface area contributed by atoms with Gasteiger partial charge in [0.2, 0.25) is 0 Å². The molecule has 0 aliphatic heterocycles. The summed E-state index contributed by atoms with van der Waals surface area (Å²) in [5, 5.41) is 0. The summed E-state index contributed by atoms with van der Waals surface area (Å²) in [5.74, 6) is 0. The van der Waals surface area contributed by atoms with Gasteiger partial charge in [0.05, 0.1) is 0 Å². The Labute approximate surface area is 252 Å². The number of anilines is 3. The van der Waals surface area contributed by atoms with Crippen molar-refractivity contribution in [1.82, 2.24) is 0 Å². The lowest BCUT2D eigenvalue weighted by Gasteiger charge is -2.42. The van der Waals surface area contributed by atoms with Crippen LogP contribution in [-0.4, -0.2) is 0 Å². The molecular formula is C40H37NS. The summed E-state index contributed by atoms with van der Waals surface area (Å²) in [6.45, 7) is 6.78. The maximum atomic E-state index is 2.35. The Balaban J connectivity index is 1.53. The molecule has 0 aliphatic rings. The molecule has 0 bridgehead atoms. The fraction of sp³-hybridized carbons (Fsp3) is 0.100. The van der Waals surface area contributed by atoms with Crippen LogP contribution in [0.4, 0.5) is 17.1 Å². The van der Waals surface area contributed by atoms with Crippen LogP contribution in [-0.2, 0) is 5.41 Å². The minimum atomic E-state index is -1.72. The van der Waals surface area contributed by atoms with E-state index in [1.165, 1.54) is 25.1 Å². The third kappa shape index (κ3) is 5.26. The van der Waals surface area contributed by atoms with E-state index in [1.54, 1.807) is 0 Å². The quantitative estimate of drug-likeness (QED) is 0.187. The van der Waals surface area contributed by atoms with Gasteiger partial charge in [0.1, 0.15) is 0 Å². The zero-order valence-electron chi connectivity index (χ0n) is 24.5. The van der Waals surface area contributed by atoms with Crippen molar-refractivity contribution >= 4 is 27.1 Å². The first-order valence-electron chi connectivity index (χ1n) is 14.5. The molecule has 0 N–H and O–H groups in total. The largest absolute Gasteiger partial charge is 0.311 e. The van der Waals surface area contributed by atoms with E-state index in [2.05, 4.69) is 196 Å². The molecule has 42 heavy (non-hydrogen) atoms. The third-order valence-electron chi connectivity index (χ3n) is 7.74. The van der Waals surface area contributed by atoms with Crippen LogP contribution >= 0.6 is 10.0 Å². The molecule has 1 nitrogen and oxygen atoms in total. The van der Waals surface area contributed by atoms with Gasteiger partial charge in [-0.05, 0) is 95.9 Å². The van der Waals surface area contributed by atoms with E-state index in [1.807, 2.05) is 0 Å². The van der Waals surface area contributed by atoms with Gasteiger partial charge in [-0.1, -0.05) is 106 Å². The molecule has 0 spiro atoms. The number of para-hydroxylation sites is 1. The van der Waals surface area contributed by atoms with Gasteiger partial charge < -0.3 is 4.90 Å². The van der Waals surface area contributed by atoms with Crippen molar-refractivity contribution in [3.05, 3.63) is 175 Å². The van der Waals surface area contributed by atoms with E-state index in [-0.39, 0.29) is 5.41 Å². The second-order valence-electron chi connectivity index (χ2n) is 11.5. The first-order valence-corrected chi connectivity index (χ1v) is 16.2. The first-order chi connectivity index (χ1) is 20.5. The Hall–Kier alpha value is -4.53. The van der Waals surface area contributed by atoms with Gasteiger partial charge in [-0.15, -0.1) is 10.0 Å². The standard InChI is InChI=1S/C40H37NS/c1-40(2,3)32-24-26-34(27-25-32)41(33-16-8-4-9-17-33)35-28-30-39(31-29-35)42(36-18-10-5-11-19-36,37-20-12-6-13-21-37)38-22-14-7-15-23-38/h4-31H,1-3H3. The average Bonchev–Trinajstić information content (AvgIpc) is 3.04. The van der Waals surface area contributed by atoms with Crippen molar-refractivity contribution in [2.75, 3.05) is 4.90 Å². The number of hydrogen-bond donors (Lipinski definition) is 0. The molecule has 0 saturated heterocycles. The molecule has 0 fully saturated rings. The number of benzene rings is 6. The fourth-order valence-corrected chi connectivity index (χ4v) is 9.50. The summed E-state index contributed by atoms with van der Waals surface area (Å²) in [4.78, 5) is 7.64. The third-order valence-corrected chi connectivity index (χ3v) is 11.7. The van der Waals surface area contributed by atoms with Crippen LogP contribution in [0, 0.1) is 0 Å². The van der Waals surface area contributed by atoms with Gasteiger partial charge in [-0.25, -0.2) is 0 Å². The van der Waals surface area contributed by atoms with E-state index >= 15 is 0 Å². The highest BCUT2D eigenvalue weighted by atomic mass is 32.3. The van der Waals surface area contributed by atoms with Crippen molar-refractivity contribution in [3.8, 4) is 0 Å². The number of rotatable bonds is 7. The smallest absolute Gasteiger partial charge is 0.0462 e. The second kappa shape index (κ2) is 11.8. The van der Waals surface area contributed by atoms with Crippen molar-refractivity contribution < 1.29 is 0 Å². The van der Waals surface area contributed by atoms with E-state index in [0.29, 0.717) is 0 Å². The molecule has 6 rings (SSSR count). The SMILES string of the molecule is CC(C)(C)c1ccc(N(c2ccccc2)c2ccc(S(c3ccccc3)(c3ccccc3)c3ccccc3)cc2)cc1. The first kappa shape index (κ1) is 27.6. The van der Waals surface area contributed by atoms with Crippen LogP contribution in [0.5, 0.6) is 0 Å². The van der Waals surface area contributed by atoms with Gasteiger partial charge in [-0.2, -0.15) is 0 Å². The molecule has 0 aliphatic carbocycles. The molecule has 0 saturated carbocycles. The molecule has 6 aromatic rings. The van der Waals surface area contributed by atoms with E-state index < -0.39 is 10.0 Å². The fourth-order valence-electron chi connectivity index (χ4n) is 5.62. The highest BCUT2D eigenvalue weighted by molar-refractivity contribution is 8.34. The van der Waals surface area contributed by atoms with Crippen molar-refractivity contribution in [1.29, 1.82) is 0 Å². The Morgan fingerprint density at radius 3 is 1.05 bits per heavy atom. The maximum absolute atomic E-state index is 2.35. The van der Waals surface area contributed by atoms with Crippen LogP contribution in [0.1, 0.15) is 26.3 Å². The molecule has 0 radical (unpaired) electrons. The lowest BCUT2D eigenvalue weighted by Crippen LogP contribution is -2.13. The lowest BCUT2D eigenvalue weighted by atomic mass is 9.87. The van der Waals surface area contributed by atoms with Crippen molar-refractivity contribution in [2.24, 2.45) is 0 Å². The predicted molar refractivity (Wildman–Crippen MR) is 180 cm³/mol. The second-order valence-corrected chi connectivity index (χ2v) is 14.6. The minimum absolute atomic E-state index is 0.107. The van der Waals surface area contributed by atoms with Crippen LogP contribution in [0.3, 0.4) is 0 Å². The van der Waals surface area contributed by atoms with Crippen molar-refractivity contribution in [3.63, 3.8) is 0 Å². The summed E-state index contributed by atoms with van der Waals surface area (Å²) in [7, 11) is -1.72. The van der Waals surface area contributed by atoms with Crippen LogP contribution in [0.2, 0.25) is 0 Å². The molecule has 0 heterocycles. The van der Waals surface area contributed by atoms with Gasteiger partial charge >= 0.3 is 0 Å². The highest BCUT2D eigenvalue weighted by Gasteiger charge is 2.33. The summed E-state index contributed by atoms with van der Waals surface area (Å²) < 4.78 is 0. The molecule has 2 heteroatoms. The normalized spacial score (nSPS) is 12.1. The van der Waals surface area contributed by atoms with Crippen LogP contribution in [0.25, 0.3) is 0 Å². The van der Waals surface area contributed by atoms with E-state index in [0.717, 1.165) is 17.1 Å². The topological polar surface area (TPSA) is 3.24 Å². The Morgan fingerprint density at radius 2 is 0.667 bits per heavy atom. The molecule has 208 valence electrons. The number of nitrogens with zero attached hydrogens (tertiary/aromatic N) is 1. The molecular weight excluding hydrogens is 527 g/mol. The van der Waals surface area contributed by atoms with Crippen LogP contribution in [0.15, 0.2) is 189 Å². The van der Waals surface area contributed by atoms with E-state index in [9.17, 15) is 0 Å². The zero-order chi connectivity index (χ0) is 29.0. The zero-order valence-corrected chi connectivity index (χ0v) is 25.3. The average molecular weight is 564 g/mol. The van der Waals surface area contributed by atoms with Gasteiger partial charge in [0.15, 0.2) is 0 Å². The molecule has 0 aromatic heterocycles. The summed E-state index contributed by atoms with van der Waals surface area (Å²) in [6, 6.07) is 61.9. The Morgan fingerprint density at radius 1 is 0.357 bits per heavy atom. The van der Waals surface area contributed by atoms with Gasteiger partial charge in [0.25, 0.3) is 0 Å². The predicted octanol–water partition coefficient (Wildman–Crippen LogP) is 11.8. The lowest BCUT2D eigenvalue weighted by molar-refractivity contribution is 0.590. The summed E-state index contributed by atoms with van der Waals surface area (Å²) in [5.41, 5.74) is 4.86. The highest BCUT2D eigenvalue weighted by Crippen LogP contribution is 2.73. The number of hydrogen-bond acceptors (Lipinski definition) is 1. The van der Waals surface area contributed by atoms with E-state index in [4.69, 9.17) is 0 Å². The molecule has 0 atom stereocenters. The Kier molecular flexibility index (Phi) is 7.73. The Bertz CT molecular complexity index is 1610. The molecule has 0 amide bonds. The summed E-state index contributed by atoms with van der Waals surface area (Å²) >= 11 is 0. The minimum Gasteiger partial charge on any atom is -0.311 e. The molecule has 0 unspecified atom stereocenters. The monoisotopic (exact) mass is 563 g/mol. The van der Waals surface area contributed by atoms with Crippen molar-refractivity contribution in [2.45, 2.75) is 45.8 Å². The van der Waals surface area contributed by atoms with Gasteiger partial charge in [-0.3, -0.25) is 0 Å². The van der Waals surface area contributed by atoms with Crippen LogP contribution < -0.4 is 4.90 Å².